The first-order chi connectivity index (χ1) is 27.7. The van der Waals surface area contributed by atoms with Crippen molar-refractivity contribution < 1.29 is 9.60 Å². The second-order valence-electron chi connectivity index (χ2n) is 12.7. The molecule has 0 unspecified atom stereocenters. The lowest BCUT2D eigenvalue weighted by atomic mass is 9.83. The van der Waals surface area contributed by atoms with Crippen LogP contribution < -0.4 is 0 Å². The van der Waals surface area contributed by atoms with Gasteiger partial charge in [0.1, 0.15) is 0 Å². The molecule has 0 spiro atoms. The highest BCUT2D eigenvalue weighted by Crippen LogP contribution is 2.46. The first kappa shape index (κ1) is 22.2. The minimum atomic E-state index is -0.387. The van der Waals surface area contributed by atoms with E-state index in [1.165, 1.54) is 0 Å². The first-order valence-corrected chi connectivity index (χ1v) is 16.8. The molecular weight excluding hydrogens is 601 g/mol. The summed E-state index contributed by atoms with van der Waals surface area (Å²) in [5, 5.41) is 7.10. The van der Waals surface area contributed by atoms with Crippen LogP contribution in [0.1, 0.15) is 9.60 Å². The molecule has 0 amide bonds. The third-order valence-electron chi connectivity index (χ3n) is 9.87. The fraction of sp³-hybridized carbons (Fsp3) is 0. The van der Waals surface area contributed by atoms with Crippen LogP contribution in [0.3, 0.4) is 0 Å². The molecule has 10 aromatic carbocycles. The Balaban J connectivity index is 1.40. The van der Waals surface area contributed by atoms with Gasteiger partial charge in [-0.15, -0.1) is 0 Å². The summed E-state index contributed by atoms with van der Waals surface area (Å²) >= 11 is 0. The second kappa shape index (κ2) is 11.6. The molecule has 0 bridgehead atoms. The van der Waals surface area contributed by atoms with Crippen molar-refractivity contribution in [1.82, 2.24) is 0 Å². The summed E-state index contributed by atoms with van der Waals surface area (Å²) in [7, 11) is 0. The van der Waals surface area contributed by atoms with Crippen molar-refractivity contribution in [2.45, 2.75) is 0 Å². The Bertz CT molecular complexity index is 3300. The van der Waals surface area contributed by atoms with Gasteiger partial charge in [-0.3, -0.25) is 0 Å². The van der Waals surface area contributed by atoms with Gasteiger partial charge in [0.2, 0.25) is 0 Å². The van der Waals surface area contributed by atoms with E-state index in [1.807, 2.05) is 127 Å². The lowest BCUT2D eigenvalue weighted by Gasteiger charge is -2.20. The molecule has 0 heterocycles. The van der Waals surface area contributed by atoms with E-state index in [-0.39, 0.29) is 58.6 Å². The Morgan fingerprint density at radius 3 is 1.58 bits per heavy atom. The summed E-state index contributed by atoms with van der Waals surface area (Å²) in [6, 6.07) is 48.1. The standard InChI is InChI=1S/C50H32/c1-2-14-38-31-39(28-23-33(38)11-1)40-29-30-47-48(32-40)49(37-26-24-36(25-27-37)42-21-9-15-34-12-3-5-17-41(34)42)45-19-7-8-20-46(45)50(47)44-22-10-16-35-13-4-6-18-43(35)44/h1-32H/i7D,8D,19D,20D,29D,30D,32D. The minimum Gasteiger partial charge on any atom is -0.0616 e. The van der Waals surface area contributed by atoms with Gasteiger partial charge in [-0.05, 0) is 110 Å². The highest BCUT2D eigenvalue weighted by Gasteiger charge is 2.19. The minimum absolute atomic E-state index is 0.0187. The molecule has 0 aromatic heterocycles. The molecule has 10 rings (SSSR count). The molecule has 0 aliphatic rings. The smallest absolute Gasteiger partial charge is 0.0616 e. The average molecular weight is 640 g/mol. The van der Waals surface area contributed by atoms with Crippen LogP contribution in [0.15, 0.2) is 194 Å². The molecule has 0 nitrogen and oxygen atoms in total. The van der Waals surface area contributed by atoms with E-state index in [9.17, 15) is 6.85 Å². The topological polar surface area (TPSA) is 0 Å². The fourth-order valence-electron chi connectivity index (χ4n) is 7.50. The summed E-state index contributed by atoms with van der Waals surface area (Å²) < 4.78 is 66.3. The van der Waals surface area contributed by atoms with Gasteiger partial charge in [0.05, 0.1) is 9.60 Å². The monoisotopic (exact) mass is 639 g/mol. The molecule has 0 aliphatic heterocycles. The molecule has 50 heavy (non-hydrogen) atoms. The van der Waals surface area contributed by atoms with E-state index in [1.54, 1.807) is 0 Å². The van der Waals surface area contributed by atoms with Crippen molar-refractivity contribution >= 4 is 53.9 Å². The fourth-order valence-corrected chi connectivity index (χ4v) is 7.50. The third-order valence-corrected chi connectivity index (χ3v) is 9.87. The van der Waals surface area contributed by atoms with Crippen molar-refractivity contribution in [1.29, 1.82) is 0 Å². The quantitative estimate of drug-likeness (QED) is 0.168. The molecule has 10 aromatic rings. The molecule has 232 valence electrons. The Kier molecular flexibility index (Phi) is 5.14. The third kappa shape index (κ3) is 4.61. The maximum absolute atomic E-state index is 10.1. The number of hydrogen-bond donors (Lipinski definition) is 0. The van der Waals surface area contributed by atoms with Gasteiger partial charge in [-0.2, -0.15) is 0 Å². The van der Waals surface area contributed by atoms with Crippen LogP contribution in [0.2, 0.25) is 0 Å². The average Bonchev–Trinajstić information content (AvgIpc) is 3.25. The van der Waals surface area contributed by atoms with Gasteiger partial charge >= 0.3 is 0 Å². The number of rotatable bonds is 4. The lowest BCUT2D eigenvalue weighted by Crippen LogP contribution is -1.93. The Hall–Kier alpha value is -6.50. The predicted octanol–water partition coefficient (Wildman–Crippen LogP) is 14.1. The Morgan fingerprint density at radius 2 is 0.840 bits per heavy atom. The lowest BCUT2D eigenvalue weighted by molar-refractivity contribution is 1.63. The van der Waals surface area contributed by atoms with Crippen LogP contribution in [-0.4, -0.2) is 0 Å². The zero-order chi connectivity index (χ0) is 39.1. The van der Waals surface area contributed by atoms with Crippen molar-refractivity contribution in [2.75, 3.05) is 0 Å². The van der Waals surface area contributed by atoms with E-state index in [0.29, 0.717) is 38.6 Å². The van der Waals surface area contributed by atoms with Crippen LogP contribution in [0, 0.1) is 0 Å². The van der Waals surface area contributed by atoms with Gasteiger partial charge in [0.25, 0.3) is 0 Å². The largest absolute Gasteiger partial charge is 0.0636 e. The SMILES string of the molecule is [2H]c1c([2H])c([2H])c2c(-c3cccc4ccccc34)c3c([2H])c([2H])c(-c4ccc5ccccc5c4)c([2H])c3c(-c3ccc(-c4cccc5ccccc45)cc3)c2c1[2H]. The summed E-state index contributed by atoms with van der Waals surface area (Å²) in [5.41, 5.74) is 5.08. The second-order valence-corrected chi connectivity index (χ2v) is 12.7. The molecule has 0 radical (unpaired) electrons. The van der Waals surface area contributed by atoms with Crippen LogP contribution in [0.5, 0.6) is 0 Å². The van der Waals surface area contributed by atoms with Crippen molar-refractivity contribution in [3.05, 3.63) is 194 Å². The normalized spacial score (nSPS) is 13.6. The van der Waals surface area contributed by atoms with E-state index in [2.05, 4.69) is 24.3 Å². The van der Waals surface area contributed by atoms with Crippen LogP contribution >= 0.6 is 0 Å². The van der Waals surface area contributed by atoms with Gasteiger partial charge < -0.3 is 0 Å². The van der Waals surface area contributed by atoms with Crippen molar-refractivity contribution in [2.24, 2.45) is 0 Å². The van der Waals surface area contributed by atoms with Crippen molar-refractivity contribution in [3.8, 4) is 44.5 Å². The Morgan fingerprint density at radius 1 is 0.300 bits per heavy atom. The Labute approximate surface area is 301 Å². The number of fused-ring (bicyclic) bond motifs is 5. The predicted molar refractivity (Wildman–Crippen MR) is 216 cm³/mol. The van der Waals surface area contributed by atoms with E-state index in [0.717, 1.165) is 43.4 Å². The highest BCUT2D eigenvalue weighted by molar-refractivity contribution is 6.24. The zero-order valence-corrected chi connectivity index (χ0v) is 26.9. The van der Waals surface area contributed by atoms with Crippen LogP contribution in [0.25, 0.3) is 98.4 Å². The molecule has 0 N–H and O–H groups in total. The van der Waals surface area contributed by atoms with Gasteiger partial charge in [0, 0.05) is 0 Å². The molecule has 0 saturated carbocycles. The zero-order valence-electron chi connectivity index (χ0n) is 33.9. The van der Waals surface area contributed by atoms with Gasteiger partial charge in [0.15, 0.2) is 0 Å². The molecular formula is C50H32. The van der Waals surface area contributed by atoms with Crippen LogP contribution in [0.4, 0.5) is 0 Å². The summed E-state index contributed by atoms with van der Waals surface area (Å²) in [5.74, 6) is 0. The molecule has 0 atom stereocenters. The van der Waals surface area contributed by atoms with Crippen LogP contribution in [-0.2, 0) is 0 Å². The highest BCUT2D eigenvalue weighted by atomic mass is 14.2. The first-order valence-electron chi connectivity index (χ1n) is 20.3. The van der Waals surface area contributed by atoms with E-state index < -0.39 is 0 Å². The van der Waals surface area contributed by atoms with Crippen molar-refractivity contribution in [3.63, 3.8) is 0 Å². The number of benzene rings is 10. The summed E-state index contributed by atoms with van der Waals surface area (Å²) in [6.07, 6.45) is 0. The van der Waals surface area contributed by atoms with E-state index >= 15 is 0 Å². The summed E-state index contributed by atoms with van der Waals surface area (Å²) in [4.78, 5) is 0. The van der Waals surface area contributed by atoms with E-state index in [4.69, 9.17) is 2.74 Å². The molecule has 0 saturated heterocycles. The van der Waals surface area contributed by atoms with Gasteiger partial charge in [-0.1, -0.05) is 182 Å². The maximum atomic E-state index is 10.1. The summed E-state index contributed by atoms with van der Waals surface area (Å²) in [6.45, 7) is 0. The molecule has 0 fully saturated rings. The number of hydrogen-bond acceptors (Lipinski definition) is 0. The maximum Gasteiger partial charge on any atom is 0.0636 e. The van der Waals surface area contributed by atoms with Gasteiger partial charge in [-0.25, -0.2) is 0 Å². The molecule has 0 heteroatoms. The molecule has 0 aliphatic carbocycles.